The Kier molecular flexibility index (Phi) is 5.49. The van der Waals surface area contributed by atoms with Gasteiger partial charge in [-0.2, -0.15) is 0 Å². The number of benzene rings is 1. The van der Waals surface area contributed by atoms with Crippen LogP contribution in [0.2, 0.25) is 0 Å². The maximum atomic E-state index is 9.86. The Bertz CT molecular complexity index is 405. The van der Waals surface area contributed by atoms with Crippen molar-refractivity contribution in [2.75, 3.05) is 39.0 Å². The molecule has 1 aromatic rings. The van der Waals surface area contributed by atoms with Gasteiger partial charge in [0.05, 0.1) is 5.60 Å². The van der Waals surface area contributed by atoms with Gasteiger partial charge < -0.3 is 5.11 Å². The maximum Gasteiger partial charge on any atom is 0.0718 e. The van der Waals surface area contributed by atoms with Gasteiger partial charge in [0.15, 0.2) is 0 Å². The van der Waals surface area contributed by atoms with Crippen LogP contribution < -0.4 is 0 Å². The van der Waals surface area contributed by atoms with Gasteiger partial charge in [-0.05, 0) is 37.8 Å². The minimum atomic E-state index is -0.587. The smallest absolute Gasteiger partial charge is 0.0718 e. The molecule has 0 saturated carbocycles. The van der Waals surface area contributed by atoms with Crippen LogP contribution in [0.3, 0.4) is 0 Å². The first-order valence-electron chi connectivity index (χ1n) is 7.26. The zero-order valence-electron chi connectivity index (χ0n) is 12.8. The van der Waals surface area contributed by atoms with Crippen molar-refractivity contribution in [3.63, 3.8) is 0 Å². The van der Waals surface area contributed by atoms with E-state index in [9.17, 15) is 5.11 Å². The van der Waals surface area contributed by atoms with Gasteiger partial charge in [0.1, 0.15) is 0 Å². The minimum absolute atomic E-state index is 0.587. The zero-order chi connectivity index (χ0) is 14.6. The van der Waals surface area contributed by atoms with Crippen LogP contribution >= 0.6 is 11.8 Å². The molecule has 0 radical (unpaired) electrons. The Hall–Kier alpha value is -0.550. The fraction of sp³-hybridized carbons (Fsp3) is 0.625. The first-order chi connectivity index (χ1) is 9.46. The number of hydrogen-bond acceptors (Lipinski definition) is 4. The molecule has 0 aliphatic carbocycles. The van der Waals surface area contributed by atoms with E-state index in [-0.39, 0.29) is 0 Å². The summed E-state index contributed by atoms with van der Waals surface area (Å²) in [6.07, 6.45) is 2.11. The molecule has 1 saturated heterocycles. The summed E-state index contributed by atoms with van der Waals surface area (Å²) in [5.74, 6) is 0. The molecule has 4 heteroatoms. The topological polar surface area (TPSA) is 26.7 Å². The highest BCUT2D eigenvalue weighted by atomic mass is 32.2. The standard InChI is InChI=1S/C16H26N2OS/c1-16(2,19)13-18-10-8-17(9-11-18)12-14-4-6-15(20-3)7-5-14/h4-7,19H,8-13H2,1-3H3. The van der Waals surface area contributed by atoms with Crippen LogP contribution in [0, 0.1) is 0 Å². The van der Waals surface area contributed by atoms with Crippen molar-refractivity contribution in [2.24, 2.45) is 0 Å². The van der Waals surface area contributed by atoms with E-state index in [4.69, 9.17) is 0 Å². The summed E-state index contributed by atoms with van der Waals surface area (Å²) in [7, 11) is 0. The number of thioether (sulfide) groups is 1. The average Bonchev–Trinajstić information content (AvgIpc) is 2.40. The summed E-state index contributed by atoms with van der Waals surface area (Å²) in [5, 5.41) is 9.86. The lowest BCUT2D eigenvalue weighted by Gasteiger charge is -2.37. The Labute approximate surface area is 127 Å². The second kappa shape index (κ2) is 6.94. The predicted molar refractivity (Wildman–Crippen MR) is 86.2 cm³/mol. The SMILES string of the molecule is CSc1ccc(CN2CCN(CC(C)(C)O)CC2)cc1. The van der Waals surface area contributed by atoms with Crippen molar-refractivity contribution in [1.29, 1.82) is 0 Å². The monoisotopic (exact) mass is 294 g/mol. The van der Waals surface area contributed by atoms with E-state index < -0.39 is 5.60 Å². The normalized spacial score (nSPS) is 18.4. The van der Waals surface area contributed by atoms with Gasteiger partial charge in [-0.25, -0.2) is 0 Å². The van der Waals surface area contributed by atoms with Gasteiger partial charge >= 0.3 is 0 Å². The molecule has 0 amide bonds. The van der Waals surface area contributed by atoms with Gasteiger partial charge in [0.2, 0.25) is 0 Å². The minimum Gasteiger partial charge on any atom is -0.389 e. The highest BCUT2D eigenvalue weighted by Crippen LogP contribution is 2.16. The number of rotatable bonds is 5. The lowest BCUT2D eigenvalue weighted by atomic mass is 10.1. The Morgan fingerprint density at radius 1 is 1.05 bits per heavy atom. The number of nitrogens with zero attached hydrogens (tertiary/aromatic N) is 2. The molecule has 2 rings (SSSR count). The number of hydrogen-bond donors (Lipinski definition) is 1. The van der Waals surface area contributed by atoms with E-state index in [1.54, 1.807) is 11.8 Å². The van der Waals surface area contributed by atoms with Gasteiger partial charge in [0, 0.05) is 44.2 Å². The molecule has 1 aromatic carbocycles. The molecular weight excluding hydrogens is 268 g/mol. The first-order valence-corrected chi connectivity index (χ1v) is 8.49. The lowest BCUT2D eigenvalue weighted by Crippen LogP contribution is -2.50. The maximum absolute atomic E-state index is 9.86. The quantitative estimate of drug-likeness (QED) is 0.843. The Morgan fingerprint density at radius 2 is 1.60 bits per heavy atom. The van der Waals surface area contributed by atoms with Crippen LogP contribution in [0.15, 0.2) is 29.2 Å². The van der Waals surface area contributed by atoms with Crippen LogP contribution in [0.25, 0.3) is 0 Å². The molecule has 20 heavy (non-hydrogen) atoms. The van der Waals surface area contributed by atoms with Crippen molar-refractivity contribution in [1.82, 2.24) is 9.80 Å². The van der Waals surface area contributed by atoms with E-state index in [2.05, 4.69) is 40.3 Å². The van der Waals surface area contributed by atoms with Gasteiger partial charge in [0.25, 0.3) is 0 Å². The second-order valence-corrected chi connectivity index (χ2v) is 7.09. The average molecular weight is 294 g/mol. The fourth-order valence-electron chi connectivity index (χ4n) is 2.64. The van der Waals surface area contributed by atoms with Gasteiger partial charge in [-0.3, -0.25) is 9.80 Å². The molecule has 0 bridgehead atoms. The molecule has 1 heterocycles. The van der Waals surface area contributed by atoms with Crippen LogP contribution in [-0.2, 0) is 6.54 Å². The molecular formula is C16H26N2OS. The summed E-state index contributed by atoms with van der Waals surface area (Å²) in [5.41, 5.74) is 0.800. The molecule has 0 aromatic heterocycles. The molecule has 112 valence electrons. The first kappa shape index (κ1) is 15.8. The number of β-amino-alcohol motifs (C(OH)–C–C–N with tert-alkyl or cyclic N) is 1. The van der Waals surface area contributed by atoms with Crippen molar-refractivity contribution >= 4 is 11.8 Å². The third-order valence-electron chi connectivity index (χ3n) is 3.64. The predicted octanol–water partition coefficient (Wildman–Crippen LogP) is 2.30. The lowest BCUT2D eigenvalue weighted by molar-refractivity contribution is 0.0167. The molecule has 1 N–H and O–H groups in total. The van der Waals surface area contributed by atoms with Crippen molar-refractivity contribution in [3.8, 4) is 0 Å². The largest absolute Gasteiger partial charge is 0.389 e. The van der Waals surface area contributed by atoms with Crippen LogP contribution in [-0.4, -0.2) is 59.5 Å². The number of aliphatic hydroxyl groups is 1. The van der Waals surface area contributed by atoms with E-state index >= 15 is 0 Å². The Balaban J connectivity index is 1.79. The van der Waals surface area contributed by atoms with Gasteiger partial charge in [-0.15, -0.1) is 11.8 Å². The van der Waals surface area contributed by atoms with Crippen molar-refractivity contribution in [2.45, 2.75) is 30.9 Å². The van der Waals surface area contributed by atoms with E-state index in [1.165, 1.54) is 10.5 Å². The van der Waals surface area contributed by atoms with Crippen molar-refractivity contribution in [3.05, 3.63) is 29.8 Å². The van der Waals surface area contributed by atoms with Crippen LogP contribution in [0.4, 0.5) is 0 Å². The van der Waals surface area contributed by atoms with Crippen LogP contribution in [0.5, 0.6) is 0 Å². The summed E-state index contributed by atoms with van der Waals surface area (Å²) in [6, 6.07) is 8.86. The highest BCUT2D eigenvalue weighted by Gasteiger charge is 2.22. The summed E-state index contributed by atoms with van der Waals surface area (Å²) < 4.78 is 0. The number of piperazine rings is 1. The molecule has 1 aliphatic heterocycles. The highest BCUT2D eigenvalue weighted by molar-refractivity contribution is 7.98. The molecule has 0 unspecified atom stereocenters. The molecule has 3 nitrogen and oxygen atoms in total. The second-order valence-electron chi connectivity index (χ2n) is 6.21. The Morgan fingerprint density at radius 3 is 2.10 bits per heavy atom. The summed E-state index contributed by atoms with van der Waals surface area (Å²) in [6.45, 7) is 9.83. The van der Waals surface area contributed by atoms with Crippen molar-refractivity contribution < 1.29 is 5.11 Å². The summed E-state index contributed by atoms with van der Waals surface area (Å²) >= 11 is 1.79. The molecule has 0 atom stereocenters. The third-order valence-corrected chi connectivity index (χ3v) is 4.38. The van der Waals surface area contributed by atoms with E-state index in [1.807, 2.05) is 13.8 Å². The molecule has 0 spiro atoms. The van der Waals surface area contributed by atoms with E-state index in [0.29, 0.717) is 0 Å². The van der Waals surface area contributed by atoms with Crippen LogP contribution in [0.1, 0.15) is 19.4 Å². The molecule has 1 fully saturated rings. The van der Waals surface area contributed by atoms with E-state index in [0.717, 1.165) is 39.3 Å². The third kappa shape index (κ3) is 5.09. The van der Waals surface area contributed by atoms with Gasteiger partial charge in [-0.1, -0.05) is 12.1 Å². The summed E-state index contributed by atoms with van der Waals surface area (Å²) in [4.78, 5) is 6.17. The zero-order valence-corrected chi connectivity index (χ0v) is 13.6. The molecule has 1 aliphatic rings. The fourth-order valence-corrected chi connectivity index (χ4v) is 3.05.